The van der Waals surface area contributed by atoms with Crippen LogP contribution in [-0.4, -0.2) is 18.6 Å². The minimum atomic E-state index is -0.587. The molecule has 1 aromatic rings. The van der Waals surface area contributed by atoms with Gasteiger partial charge in [0.05, 0.1) is 7.11 Å². The number of esters is 1. The van der Waals surface area contributed by atoms with Crippen LogP contribution in [0.4, 0.5) is 5.69 Å². The summed E-state index contributed by atoms with van der Waals surface area (Å²) in [6.07, 6.45) is 4.88. The SMILES string of the molecule is COC(=O)C1(Nc2cccc(C)c2)CCCC(C)(C)CC1. The fraction of sp³-hybridized carbons (Fsp3) is 0.611. The van der Waals surface area contributed by atoms with Gasteiger partial charge < -0.3 is 10.1 Å². The molecule has 1 aliphatic rings. The van der Waals surface area contributed by atoms with Crippen molar-refractivity contribution in [3.05, 3.63) is 29.8 Å². The van der Waals surface area contributed by atoms with Crippen molar-refractivity contribution in [2.45, 2.75) is 58.4 Å². The molecule has 2 rings (SSSR count). The molecule has 1 saturated carbocycles. The van der Waals surface area contributed by atoms with E-state index < -0.39 is 5.54 Å². The van der Waals surface area contributed by atoms with Crippen molar-refractivity contribution < 1.29 is 9.53 Å². The highest BCUT2D eigenvalue weighted by atomic mass is 16.5. The van der Waals surface area contributed by atoms with Crippen molar-refractivity contribution in [3.63, 3.8) is 0 Å². The predicted molar refractivity (Wildman–Crippen MR) is 86.4 cm³/mol. The van der Waals surface area contributed by atoms with E-state index in [1.807, 2.05) is 12.1 Å². The van der Waals surface area contributed by atoms with Gasteiger partial charge in [-0.25, -0.2) is 4.79 Å². The Morgan fingerprint density at radius 3 is 2.62 bits per heavy atom. The van der Waals surface area contributed by atoms with Crippen LogP contribution in [0.5, 0.6) is 0 Å². The second-order valence-electron chi connectivity index (χ2n) is 7.09. The average Bonchev–Trinajstić information content (AvgIpc) is 2.58. The van der Waals surface area contributed by atoms with Crippen LogP contribution in [-0.2, 0) is 9.53 Å². The Balaban J connectivity index is 2.27. The van der Waals surface area contributed by atoms with Crippen molar-refractivity contribution >= 4 is 11.7 Å². The fourth-order valence-electron chi connectivity index (χ4n) is 3.25. The molecule has 0 saturated heterocycles. The normalized spacial score (nSPS) is 25.0. The summed E-state index contributed by atoms with van der Waals surface area (Å²) in [6, 6.07) is 8.18. The molecule has 1 atom stereocenters. The smallest absolute Gasteiger partial charge is 0.331 e. The van der Waals surface area contributed by atoms with Crippen LogP contribution < -0.4 is 5.32 Å². The van der Waals surface area contributed by atoms with E-state index in [0.29, 0.717) is 5.41 Å². The molecule has 0 radical (unpaired) electrons. The van der Waals surface area contributed by atoms with Crippen molar-refractivity contribution in [1.82, 2.24) is 0 Å². The number of rotatable bonds is 3. The molecule has 116 valence electrons. The second kappa shape index (κ2) is 6.08. The largest absolute Gasteiger partial charge is 0.467 e. The summed E-state index contributed by atoms with van der Waals surface area (Å²) in [7, 11) is 1.48. The average molecular weight is 289 g/mol. The van der Waals surface area contributed by atoms with Crippen LogP contribution in [0.3, 0.4) is 0 Å². The number of carbonyl (C=O) groups is 1. The Kier molecular flexibility index (Phi) is 4.60. The Morgan fingerprint density at radius 2 is 1.95 bits per heavy atom. The van der Waals surface area contributed by atoms with E-state index in [1.165, 1.54) is 12.7 Å². The topological polar surface area (TPSA) is 38.3 Å². The van der Waals surface area contributed by atoms with Gasteiger partial charge in [0.1, 0.15) is 5.54 Å². The number of carbonyl (C=O) groups excluding carboxylic acids is 1. The summed E-state index contributed by atoms with van der Waals surface area (Å²) in [6.45, 7) is 6.63. The molecular weight excluding hydrogens is 262 g/mol. The molecule has 1 aromatic carbocycles. The molecule has 1 aliphatic carbocycles. The lowest BCUT2D eigenvalue weighted by Gasteiger charge is -2.32. The first-order valence-corrected chi connectivity index (χ1v) is 7.80. The summed E-state index contributed by atoms with van der Waals surface area (Å²) >= 11 is 0. The van der Waals surface area contributed by atoms with Gasteiger partial charge >= 0.3 is 5.97 Å². The minimum absolute atomic E-state index is 0.137. The van der Waals surface area contributed by atoms with Gasteiger partial charge in [-0.1, -0.05) is 26.0 Å². The van der Waals surface area contributed by atoms with E-state index in [2.05, 4.69) is 38.2 Å². The quantitative estimate of drug-likeness (QED) is 0.665. The molecule has 1 fully saturated rings. The van der Waals surface area contributed by atoms with Gasteiger partial charge in [0.15, 0.2) is 0 Å². The Bertz CT molecular complexity index is 510. The summed E-state index contributed by atoms with van der Waals surface area (Å²) in [5.41, 5.74) is 1.90. The summed E-state index contributed by atoms with van der Waals surface area (Å²) in [5, 5.41) is 3.49. The summed E-state index contributed by atoms with van der Waals surface area (Å²) in [5.74, 6) is -0.137. The lowest BCUT2D eigenvalue weighted by atomic mass is 9.83. The monoisotopic (exact) mass is 289 g/mol. The molecule has 3 heteroatoms. The number of nitrogens with one attached hydrogen (secondary N) is 1. The van der Waals surface area contributed by atoms with Crippen molar-refractivity contribution in [2.75, 3.05) is 12.4 Å². The third-order valence-electron chi connectivity index (χ3n) is 4.66. The first-order chi connectivity index (χ1) is 9.87. The van der Waals surface area contributed by atoms with Crippen molar-refractivity contribution in [2.24, 2.45) is 5.41 Å². The molecule has 0 aliphatic heterocycles. The van der Waals surface area contributed by atoms with Crippen LogP contribution in [0, 0.1) is 12.3 Å². The third-order valence-corrected chi connectivity index (χ3v) is 4.66. The second-order valence-corrected chi connectivity index (χ2v) is 7.09. The fourth-order valence-corrected chi connectivity index (χ4v) is 3.25. The van der Waals surface area contributed by atoms with Gasteiger partial charge in [-0.05, 0) is 62.1 Å². The summed E-state index contributed by atoms with van der Waals surface area (Å²) in [4.78, 5) is 12.5. The zero-order chi connectivity index (χ0) is 15.5. The van der Waals surface area contributed by atoms with E-state index in [-0.39, 0.29) is 5.97 Å². The third kappa shape index (κ3) is 3.78. The van der Waals surface area contributed by atoms with E-state index in [1.54, 1.807) is 0 Å². The molecular formula is C18H27NO2. The molecule has 0 amide bonds. The predicted octanol–water partition coefficient (Wildman–Crippen LogP) is 4.31. The van der Waals surface area contributed by atoms with E-state index >= 15 is 0 Å². The maximum atomic E-state index is 12.5. The Morgan fingerprint density at radius 1 is 1.19 bits per heavy atom. The van der Waals surface area contributed by atoms with Gasteiger partial charge in [0.2, 0.25) is 0 Å². The summed E-state index contributed by atoms with van der Waals surface area (Å²) < 4.78 is 5.12. The molecule has 1 N–H and O–H groups in total. The van der Waals surface area contributed by atoms with Crippen molar-refractivity contribution in [1.29, 1.82) is 0 Å². The zero-order valence-electron chi connectivity index (χ0n) is 13.7. The highest BCUT2D eigenvalue weighted by molar-refractivity contribution is 5.84. The van der Waals surface area contributed by atoms with Gasteiger partial charge in [0, 0.05) is 5.69 Å². The highest BCUT2D eigenvalue weighted by Crippen LogP contribution is 2.40. The van der Waals surface area contributed by atoms with Crippen LogP contribution in [0.1, 0.15) is 51.5 Å². The first kappa shape index (κ1) is 15.9. The van der Waals surface area contributed by atoms with Crippen molar-refractivity contribution in [3.8, 4) is 0 Å². The Labute approximate surface area is 128 Å². The van der Waals surface area contributed by atoms with Gasteiger partial charge in [0.25, 0.3) is 0 Å². The number of hydrogen-bond acceptors (Lipinski definition) is 3. The maximum absolute atomic E-state index is 12.5. The molecule has 0 heterocycles. The van der Waals surface area contributed by atoms with Crippen LogP contribution in [0.15, 0.2) is 24.3 Å². The van der Waals surface area contributed by atoms with Gasteiger partial charge in [-0.3, -0.25) is 0 Å². The number of methoxy groups -OCH3 is 1. The number of aryl methyl sites for hydroxylation is 1. The zero-order valence-corrected chi connectivity index (χ0v) is 13.7. The standard InChI is InChI=1S/C18H27NO2/c1-14-7-5-8-15(13-14)19-18(16(20)21-4)10-6-9-17(2,3)11-12-18/h5,7-8,13,19H,6,9-12H2,1-4H3. The maximum Gasteiger partial charge on any atom is 0.331 e. The molecule has 1 unspecified atom stereocenters. The molecule has 21 heavy (non-hydrogen) atoms. The van der Waals surface area contributed by atoms with Gasteiger partial charge in [-0.2, -0.15) is 0 Å². The lowest BCUT2D eigenvalue weighted by molar-refractivity contribution is -0.146. The molecule has 0 spiro atoms. The Hall–Kier alpha value is -1.51. The van der Waals surface area contributed by atoms with Crippen LogP contribution in [0.25, 0.3) is 0 Å². The van der Waals surface area contributed by atoms with Crippen LogP contribution in [0.2, 0.25) is 0 Å². The van der Waals surface area contributed by atoms with Gasteiger partial charge in [-0.15, -0.1) is 0 Å². The van der Waals surface area contributed by atoms with Crippen LogP contribution >= 0.6 is 0 Å². The number of hydrogen-bond donors (Lipinski definition) is 1. The lowest BCUT2D eigenvalue weighted by Crippen LogP contribution is -2.47. The molecule has 3 nitrogen and oxygen atoms in total. The first-order valence-electron chi connectivity index (χ1n) is 7.80. The van der Waals surface area contributed by atoms with E-state index in [0.717, 1.165) is 37.8 Å². The number of ether oxygens (including phenoxy) is 1. The minimum Gasteiger partial charge on any atom is -0.467 e. The molecule has 0 bridgehead atoms. The number of anilines is 1. The molecule has 0 aromatic heterocycles. The van der Waals surface area contributed by atoms with E-state index in [9.17, 15) is 4.79 Å². The number of benzene rings is 1. The van der Waals surface area contributed by atoms with E-state index in [4.69, 9.17) is 4.74 Å². The highest BCUT2D eigenvalue weighted by Gasteiger charge is 2.42.